The number of benzene rings is 1. The number of anilines is 1. The van der Waals surface area contributed by atoms with Crippen molar-refractivity contribution in [2.24, 2.45) is 5.92 Å². The Hall–Kier alpha value is -2.45. The van der Waals surface area contributed by atoms with Crippen LogP contribution >= 0.6 is 11.3 Å². The second-order valence-electron chi connectivity index (χ2n) is 7.24. The van der Waals surface area contributed by atoms with Gasteiger partial charge in [0.15, 0.2) is 10.7 Å². The molecule has 0 radical (unpaired) electrons. The van der Waals surface area contributed by atoms with Crippen molar-refractivity contribution in [3.63, 3.8) is 0 Å². The molecule has 8 heteroatoms. The number of nitrogens with one attached hydrogen (secondary N) is 1. The minimum atomic E-state index is -0.297. The molecule has 1 aromatic carbocycles. The van der Waals surface area contributed by atoms with Crippen molar-refractivity contribution < 1.29 is 9.21 Å². The number of rotatable bonds is 6. The van der Waals surface area contributed by atoms with Crippen LogP contribution in [0.25, 0.3) is 11.1 Å². The first kappa shape index (κ1) is 18.9. The van der Waals surface area contributed by atoms with Gasteiger partial charge in [-0.15, -0.1) is 11.3 Å². The number of nitrogens with zero attached hydrogens (tertiary/aromatic N) is 3. The second-order valence-corrected chi connectivity index (χ2v) is 8.10. The minimum Gasteiger partial charge on any atom is -0.408 e. The molecule has 0 unspecified atom stereocenters. The highest BCUT2D eigenvalue weighted by molar-refractivity contribution is 7.13. The molecule has 3 heterocycles. The highest BCUT2D eigenvalue weighted by Crippen LogP contribution is 2.21. The van der Waals surface area contributed by atoms with Crippen LogP contribution in [0, 0.1) is 12.8 Å². The molecule has 1 saturated heterocycles. The van der Waals surface area contributed by atoms with Crippen molar-refractivity contribution in [1.82, 2.24) is 14.5 Å². The second kappa shape index (κ2) is 8.28. The van der Waals surface area contributed by atoms with Crippen molar-refractivity contribution in [3.8, 4) is 0 Å². The van der Waals surface area contributed by atoms with Gasteiger partial charge in [-0.25, -0.2) is 9.78 Å². The largest absolute Gasteiger partial charge is 0.419 e. The maximum absolute atomic E-state index is 12.4. The van der Waals surface area contributed by atoms with Crippen molar-refractivity contribution in [1.29, 1.82) is 0 Å². The summed E-state index contributed by atoms with van der Waals surface area (Å²) in [6.07, 6.45) is 2.58. The van der Waals surface area contributed by atoms with Gasteiger partial charge in [0.25, 0.3) is 0 Å². The molecule has 28 heavy (non-hydrogen) atoms. The van der Waals surface area contributed by atoms with Crippen molar-refractivity contribution in [3.05, 3.63) is 45.9 Å². The monoisotopic (exact) mass is 400 g/mol. The van der Waals surface area contributed by atoms with Crippen LogP contribution in [-0.4, -0.2) is 40.0 Å². The Labute approximate surface area is 167 Å². The van der Waals surface area contributed by atoms with Gasteiger partial charge in [0.05, 0.1) is 11.2 Å². The summed E-state index contributed by atoms with van der Waals surface area (Å²) in [5, 5.41) is 5.55. The van der Waals surface area contributed by atoms with Gasteiger partial charge in [-0.3, -0.25) is 9.36 Å². The van der Waals surface area contributed by atoms with Gasteiger partial charge in [-0.2, -0.15) is 0 Å². The minimum absolute atomic E-state index is 0.0425. The van der Waals surface area contributed by atoms with Crippen LogP contribution in [-0.2, 0) is 11.3 Å². The average molecular weight is 401 g/mol. The SMILES string of the molecule is Cc1csc(NC(=O)C2CCN(CCCn3c(=O)oc4ccccc43)CC2)n1. The first-order valence-electron chi connectivity index (χ1n) is 9.64. The van der Waals surface area contributed by atoms with E-state index in [1.165, 1.54) is 11.3 Å². The molecule has 1 fully saturated rings. The summed E-state index contributed by atoms with van der Waals surface area (Å²) in [6.45, 7) is 5.27. The van der Waals surface area contributed by atoms with Gasteiger partial charge in [0, 0.05) is 17.8 Å². The lowest BCUT2D eigenvalue weighted by Gasteiger charge is -2.31. The number of aromatic nitrogens is 2. The summed E-state index contributed by atoms with van der Waals surface area (Å²) in [5.74, 6) is -0.180. The molecule has 0 bridgehead atoms. The lowest BCUT2D eigenvalue weighted by Crippen LogP contribution is -2.38. The zero-order valence-corrected chi connectivity index (χ0v) is 16.7. The predicted molar refractivity (Wildman–Crippen MR) is 110 cm³/mol. The molecule has 1 aliphatic heterocycles. The summed E-state index contributed by atoms with van der Waals surface area (Å²) < 4.78 is 6.98. The molecule has 4 rings (SSSR count). The molecule has 1 amide bonds. The van der Waals surface area contributed by atoms with E-state index in [4.69, 9.17) is 4.42 Å². The van der Waals surface area contributed by atoms with Crippen LogP contribution < -0.4 is 11.1 Å². The van der Waals surface area contributed by atoms with Crippen molar-refractivity contribution >= 4 is 33.5 Å². The number of oxazole rings is 1. The van der Waals surface area contributed by atoms with E-state index in [0.717, 1.165) is 50.1 Å². The fraction of sp³-hybridized carbons (Fsp3) is 0.450. The lowest BCUT2D eigenvalue weighted by atomic mass is 9.96. The number of fused-ring (bicyclic) bond motifs is 1. The summed E-state index contributed by atoms with van der Waals surface area (Å²) in [7, 11) is 0. The number of aryl methyl sites for hydroxylation is 2. The third-order valence-electron chi connectivity index (χ3n) is 5.24. The quantitative estimate of drug-likeness (QED) is 0.688. The van der Waals surface area contributed by atoms with Crippen LogP contribution in [0.1, 0.15) is 25.0 Å². The van der Waals surface area contributed by atoms with Gasteiger partial charge in [-0.05, 0) is 58.0 Å². The van der Waals surface area contributed by atoms with E-state index in [-0.39, 0.29) is 17.6 Å². The predicted octanol–water partition coefficient (Wildman–Crippen LogP) is 3.10. The number of carbonyl (C=O) groups excluding carboxylic acids is 1. The maximum atomic E-state index is 12.4. The molecule has 0 saturated carbocycles. The molecule has 1 N–H and O–H groups in total. The summed E-state index contributed by atoms with van der Waals surface area (Å²) in [4.78, 5) is 31.1. The fourth-order valence-corrected chi connectivity index (χ4v) is 4.41. The number of carbonyl (C=O) groups is 1. The molecule has 148 valence electrons. The third-order valence-corrected chi connectivity index (χ3v) is 6.11. The van der Waals surface area contributed by atoms with Gasteiger partial charge in [0.1, 0.15) is 0 Å². The van der Waals surface area contributed by atoms with Gasteiger partial charge in [-0.1, -0.05) is 12.1 Å². The smallest absolute Gasteiger partial charge is 0.408 e. The normalized spacial score (nSPS) is 15.9. The van der Waals surface area contributed by atoms with Crippen LogP contribution in [0.4, 0.5) is 5.13 Å². The Morgan fingerprint density at radius 1 is 1.29 bits per heavy atom. The number of piperidine rings is 1. The Kier molecular flexibility index (Phi) is 5.59. The Bertz CT molecular complexity index is 1010. The third kappa shape index (κ3) is 4.18. The molecule has 0 aliphatic carbocycles. The number of thiazole rings is 1. The van der Waals surface area contributed by atoms with Gasteiger partial charge >= 0.3 is 5.76 Å². The standard InChI is InChI=1S/C20H24N4O3S/c1-14-13-28-19(21-14)22-18(25)15-7-11-23(12-8-15)9-4-10-24-16-5-2-3-6-17(16)27-20(24)26/h2-3,5-6,13,15H,4,7-12H2,1H3,(H,21,22,25). The first-order chi connectivity index (χ1) is 13.6. The molecule has 0 atom stereocenters. The molecule has 3 aromatic rings. The Balaban J connectivity index is 1.24. The lowest BCUT2D eigenvalue weighted by molar-refractivity contribution is -0.121. The highest BCUT2D eigenvalue weighted by Gasteiger charge is 2.25. The van der Waals surface area contributed by atoms with Crippen LogP contribution in [0.5, 0.6) is 0 Å². The number of amides is 1. The maximum Gasteiger partial charge on any atom is 0.419 e. The molecule has 0 spiro atoms. The Morgan fingerprint density at radius 3 is 2.82 bits per heavy atom. The number of likely N-dealkylation sites (tertiary alicyclic amines) is 1. The molecule has 2 aromatic heterocycles. The van der Waals surface area contributed by atoms with E-state index < -0.39 is 0 Å². The summed E-state index contributed by atoms with van der Waals surface area (Å²) >= 11 is 1.47. The zero-order chi connectivity index (χ0) is 19.5. The van der Waals surface area contributed by atoms with Crippen molar-refractivity contribution in [2.75, 3.05) is 25.0 Å². The van der Waals surface area contributed by atoms with Crippen LogP contribution in [0.2, 0.25) is 0 Å². The topological polar surface area (TPSA) is 80.4 Å². The van der Waals surface area contributed by atoms with E-state index in [0.29, 0.717) is 17.3 Å². The fourth-order valence-electron chi connectivity index (χ4n) is 3.72. The van der Waals surface area contributed by atoms with E-state index in [2.05, 4.69) is 15.2 Å². The van der Waals surface area contributed by atoms with Crippen LogP contribution in [0.15, 0.2) is 38.9 Å². The van der Waals surface area contributed by atoms with Gasteiger partial charge < -0.3 is 14.6 Å². The van der Waals surface area contributed by atoms with E-state index >= 15 is 0 Å². The van der Waals surface area contributed by atoms with Crippen LogP contribution in [0.3, 0.4) is 0 Å². The highest BCUT2D eigenvalue weighted by atomic mass is 32.1. The molecular weight excluding hydrogens is 376 g/mol. The number of hydrogen-bond donors (Lipinski definition) is 1. The van der Waals surface area contributed by atoms with E-state index in [1.54, 1.807) is 4.57 Å². The molecular formula is C20H24N4O3S. The van der Waals surface area contributed by atoms with Gasteiger partial charge in [0.2, 0.25) is 5.91 Å². The van der Waals surface area contributed by atoms with Crippen molar-refractivity contribution in [2.45, 2.75) is 32.7 Å². The molecule has 1 aliphatic rings. The summed E-state index contributed by atoms with van der Waals surface area (Å²) in [5.41, 5.74) is 2.41. The van der Waals surface area contributed by atoms with E-state index in [1.807, 2.05) is 36.6 Å². The van der Waals surface area contributed by atoms with E-state index in [9.17, 15) is 9.59 Å². The first-order valence-corrected chi connectivity index (χ1v) is 10.5. The average Bonchev–Trinajstić information content (AvgIpc) is 3.25. The number of para-hydroxylation sites is 2. The zero-order valence-electron chi connectivity index (χ0n) is 15.9. The Morgan fingerprint density at radius 2 is 2.07 bits per heavy atom. The number of hydrogen-bond acceptors (Lipinski definition) is 6. The summed E-state index contributed by atoms with van der Waals surface area (Å²) in [6, 6.07) is 7.51. The molecule has 7 nitrogen and oxygen atoms in total.